The van der Waals surface area contributed by atoms with E-state index in [1.807, 2.05) is 18.1 Å². The van der Waals surface area contributed by atoms with Crippen LogP contribution in [0, 0.1) is 5.41 Å². The van der Waals surface area contributed by atoms with Crippen LogP contribution in [-0.2, 0) is 4.79 Å². The van der Waals surface area contributed by atoms with Gasteiger partial charge < -0.3 is 24.8 Å². The first-order valence-corrected chi connectivity index (χ1v) is 14.3. The molecule has 2 N–H and O–H groups in total. The molecule has 0 radical (unpaired) electrons. The molecule has 3 aliphatic rings. The fraction of sp³-hybridized carbons (Fsp3) is 0.586. The van der Waals surface area contributed by atoms with Gasteiger partial charge in [-0.2, -0.15) is 4.98 Å². The quantitative estimate of drug-likeness (QED) is 0.537. The number of nitrogens with one attached hydrogen (secondary N) is 2. The van der Waals surface area contributed by atoms with Crippen molar-refractivity contribution in [3.05, 3.63) is 30.0 Å². The van der Waals surface area contributed by atoms with Gasteiger partial charge >= 0.3 is 0 Å². The van der Waals surface area contributed by atoms with Crippen LogP contribution in [0.25, 0.3) is 0 Å². The number of hydrazine groups is 1. The molecule has 5 rings (SSSR count). The molecule has 1 saturated carbocycles. The molecule has 1 aromatic heterocycles. The molecule has 1 aromatic carbocycles. The lowest BCUT2D eigenvalue weighted by molar-refractivity contribution is -0.126. The normalized spacial score (nSPS) is 22.7. The Hall–Kier alpha value is -3.44. The van der Waals surface area contributed by atoms with Crippen LogP contribution < -0.4 is 25.3 Å². The van der Waals surface area contributed by atoms with Gasteiger partial charge in [0, 0.05) is 51.4 Å². The third-order valence-corrected chi connectivity index (χ3v) is 8.74. The molecular weight excluding hydrogens is 508 g/mol. The minimum Gasteiger partial charge on any atom is -0.495 e. The number of benzene rings is 1. The van der Waals surface area contributed by atoms with Crippen molar-refractivity contribution in [2.45, 2.75) is 52.0 Å². The van der Waals surface area contributed by atoms with Gasteiger partial charge in [-0.05, 0) is 51.4 Å². The topological polar surface area (TPSA) is 106 Å². The summed E-state index contributed by atoms with van der Waals surface area (Å²) in [5.41, 5.74) is 4.38. The van der Waals surface area contributed by atoms with E-state index in [1.54, 1.807) is 30.3 Å². The highest BCUT2D eigenvalue weighted by Crippen LogP contribution is 2.42. The number of amides is 2. The summed E-state index contributed by atoms with van der Waals surface area (Å²) in [7, 11) is 5.48. The Bertz CT molecular complexity index is 1240. The lowest BCUT2D eigenvalue weighted by atomic mass is 9.85. The van der Waals surface area contributed by atoms with Gasteiger partial charge in [0.2, 0.25) is 11.9 Å². The van der Waals surface area contributed by atoms with E-state index in [1.165, 1.54) is 12.8 Å². The number of aromatic nitrogens is 2. The van der Waals surface area contributed by atoms with Crippen molar-refractivity contribution in [1.82, 2.24) is 25.3 Å². The Morgan fingerprint density at radius 1 is 1.15 bits per heavy atom. The smallest absolute Gasteiger partial charge is 0.265 e. The van der Waals surface area contributed by atoms with Crippen LogP contribution in [0.3, 0.4) is 0 Å². The summed E-state index contributed by atoms with van der Waals surface area (Å²) >= 11 is 0. The number of methoxy groups -OCH3 is 1. The largest absolute Gasteiger partial charge is 0.495 e. The number of hydrogen-bond acceptors (Lipinski definition) is 9. The Labute approximate surface area is 236 Å². The van der Waals surface area contributed by atoms with Crippen LogP contribution in [0.5, 0.6) is 5.75 Å². The molecule has 1 saturated heterocycles. The van der Waals surface area contributed by atoms with Gasteiger partial charge in [0.05, 0.1) is 24.4 Å². The van der Waals surface area contributed by atoms with Crippen LogP contribution in [0.1, 0.15) is 56.3 Å². The lowest BCUT2D eigenvalue weighted by Crippen LogP contribution is -2.52. The zero-order valence-corrected chi connectivity index (χ0v) is 24.4. The van der Waals surface area contributed by atoms with Crippen molar-refractivity contribution < 1.29 is 14.3 Å². The van der Waals surface area contributed by atoms with Crippen molar-refractivity contribution in [2.24, 2.45) is 5.41 Å². The predicted molar refractivity (Wildman–Crippen MR) is 156 cm³/mol. The Morgan fingerprint density at radius 3 is 2.55 bits per heavy atom. The average molecular weight is 551 g/mol. The van der Waals surface area contributed by atoms with Crippen LogP contribution in [-0.4, -0.2) is 91.7 Å². The second-order valence-corrected chi connectivity index (χ2v) is 11.5. The summed E-state index contributed by atoms with van der Waals surface area (Å²) in [6.07, 6.45) is 7.04. The Morgan fingerprint density at radius 2 is 1.88 bits per heavy atom. The highest BCUT2D eigenvalue weighted by Gasteiger charge is 2.43. The molecule has 1 aliphatic carbocycles. The molecule has 2 fully saturated rings. The van der Waals surface area contributed by atoms with Crippen molar-refractivity contribution in [1.29, 1.82) is 0 Å². The zero-order chi connectivity index (χ0) is 28.4. The van der Waals surface area contributed by atoms with E-state index in [2.05, 4.69) is 46.4 Å². The summed E-state index contributed by atoms with van der Waals surface area (Å²) < 4.78 is 5.64. The molecule has 2 aromatic rings. The van der Waals surface area contributed by atoms with E-state index in [0.29, 0.717) is 35.5 Å². The van der Waals surface area contributed by atoms with Crippen LogP contribution >= 0.6 is 0 Å². The maximum absolute atomic E-state index is 13.5. The Kier molecular flexibility index (Phi) is 8.14. The zero-order valence-electron chi connectivity index (χ0n) is 24.4. The first kappa shape index (κ1) is 28.1. The molecule has 1 atom stereocenters. The second-order valence-electron chi connectivity index (χ2n) is 11.5. The standard InChI is InChI=1S/C29H42N8O3/c1-6-29(2)19-37(21-9-7-8-10-21)25-23(35(4)27(29)39)18-30-28(32-25)31-22-12-11-20(17-24(22)40-5)26(38)33-36-15-13-34(3)14-16-36/h11-12,17-18,21H,6-10,13-16,19H2,1-5H3,(H,33,38)(H,30,31,32). The number of piperazine rings is 1. The molecule has 1 unspecified atom stereocenters. The number of hydrogen-bond donors (Lipinski definition) is 2. The summed E-state index contributed by atoms with van der Waals surface area (Å²) in [6, 6.07) is 5.65. The summed E-state index contributed by atoms with van der Waals surface area (Å²) in [5.74, 6) is 1.63. The molecule has 0 bridgehead atoms. The van der Waals surface area contributed by atoms with Crippen LogP contribution in [0.4, 0.5) is 23.1 Å². The number of likely N-dealkylation sites (N-methyl/N-ethyl adjacent to an activating group) is 1. The van der Waals surface area contributed by atoms with Crippen molar-refractivity contribution in [2.75, 3.05) is 69.0 Å². The average Bonchev–Trinajstić information content (AvgIpc) is 3.49. The predicted octanol–water partition coefficient (Wildman–Crippen LogP) is 3.26. The van der Waals surface area contributed by atoms with Gasteiger partial charge in [0.1, 0.15) is 11.4 Å². The number of nitrogens with zero attached hydrogens (tertiary/aromatic N) is 6. The molecule has 11 heteroatoms. The van der Waals surface area contributed by atoms with Crippen LogP contribution in [0.2, 0.25) is 0 Å². The van der Waals surface area contributed by atoms with Gasteiger partial charge in [0.15, 0.2) is 5.82 Å². The molecular formula is C29H42N8O3. The maximum Gasteiger partial charge on any atom is 0.265 e. The number of carbonyl (C=O) groups is 2. The van der Waals surface area contributed by atoms with E-state index in [9.17, 15) is 9.59 Å². The first-order valence-electron chi connectivity index (χ1n) is 14.3. The fourth-order valence-corrected chi connectivity index (χ4v) is 5.87. The highest BCUT2D eigenvalue weighted by molar-refractivity contribution is 6.01. The third-order valence-electron chi connectivity index (χ3n) is 8.74. The van der Waals surface area contributed by atoms with Gasteiger partial charge in [-0.15, -0.1) is 0 Å². The van der Waals surface area contributed by atoms with E-state index < -0.39 is 5.41 Å². The first-order chi connectivity index (χ1) is 19.2. The van der Waals surface area contributed by atoms with Gasteiger partial charge in [0.25, 0.3) is 5.91 Å². The van der Waals surface area contributed by atoms with Crippen LogP contribution in [0.15, 0.2) is 24.4 Å². The maximum atomic E-state index is 13.5. The molecule has 216 valence electrons. The van der Waals surface area contributed by atoms with E-state index in [4.69, 9.17) is 9.72 Å². The van der Waals surface area contributed by atoms with E-state index >= 15 is 0 Å². The number of carbonyl (C=O) groups excluding carboxylic acids is 2. The van der Waals surface area contributed by atoms with Gasteiger partial charge in [-0.25, -0.2) is 9.99 Å². The fourth-order valence-electron chi connectivity index (χ4n) is 5.87. The second kappa shape index (κ2) is 11.6. The van der Waals surface area contributed by atoms with E-state index in [-0.39, 0.29) is 11.8 Å². The molecule has 3 heterocycles. The molecule has 2 amide bonds. The number of anilines is 4. The van der Waals surface area contributed by atoms with E-state index in [0.717, 1.165) is 56.9 Å². The number of fused-ring (bicyclic) bond motifs is 1. The minimum absolute atomic E-state index is 0.0909. The minimum atomic E-state index is -0.505. The van der Waals surface area contributed by atoms with Crippen molar-refractivity contribution >= 4 is 35.0 Å². The molecule has 11 nitrogen and oxygen atoms in total. The molecule has 2 aliphatic heterocycles. The number of rotatable bonds is 7. The summed E-state index contributed by atoms with van der Waals surface area (Å²) in [5, 5.41) is 5.24. The summed E-state index contributed by atoms with van der Waals surface area (Å²) in [4.78, 5) is 42.2. The van der Waals surface area contributed by atoms with Gasteiger partial charge in [-0.3, -0.25) is 15.0 Å². The van der Waals surface area contributed by atoms with Crippen molar-refractivity contribution in [3.8, 4) is 5.75 Å². The monoisotopic (exact) mass is 550 g/mol. The lowest BCUT2D eigenvalue weighted by Gasteiger charge is -2.35. The highest BCUT2D eigenvalue weighted by atomic mass is 16.5. The third kappa shape index (κ3) is 5.57. The SMILES string of the molecule is CCC1(C)CN(C2CCCC2)c2nc(Nc3ccc(C(=O)NN4CCN(C)CC4)cc3OC)ncc2N(C)C1=O. The van der Waals surface area contributed by atoms with Gasteiger partial charge in [-0.1, -0.05) is 19.8 Å². The molecule has 0 spiro atoms. The summed E-state index contributed by atoms with van der Waals surface area (Å²) in [6.45, 7) is 8.14. The van der Waals surface area contributed by atoms with Crippen molar-refractivity contribution in [3.63, 3.8) is 0 Å². The Balaban J connectivity index is 1.40. The molecule has 40 heavy (non-hydrogen) atoms. The number of ether oxygens (including phenoxy) is 1.